The SMILES string of the molecule is CC(C)NC(=O)c1cc(F)ccc1-n1cccc1. The Morgan fingerprint density at radius 2 is 1.94 bits per heavy atom. The first-order valence-electron chi connectivity index (χ1n) is 5.81. The van der Waals surface area contributed by atoms with Crippen molar-refractivity contribution >= 4 is 5.91 Å². The lowest BCUT2D eigenvalue weighted by Gasteiger charge is -2.13. The number of aromatic nitrogens is 1. The molecule has 1 amide bonds. The Morgan fingerprint density at radius 1 is 1.28 bits per heavy atom. The fourth-order valence-electron chi connectivity index (χ4n) is 1.75. The van der Waals surface area contributed by atoms with Gasteiger partial charge in [0.15, 0.2) is 0 Å². The van der Waals surface area contributed by atoms with Crippen LogP contribution < -0.4 is 5.32 Å². The van der Waals surface area contributed by atoms with Gasteiger partial charge in [-0.25, -0.2) is 4.39 Å². The van der Waals surface area contributed by atoms with Crippen molar-refractivity contribution in [2.75, 3.05) is 0 Å². The van der Waals surface area contributed by atoms with Crippen LogP contribution in [0, 0.1) is 5.82 Å². The van der Waals surface area contributed by atoms with E-state index >= 15 is 0 Å². The Bertz CT molecular complexity index is 547. The van der Waals surface area contributed by atoms with E-state index in [1.54, 1.807) is 10.6 Å². The van der Waals surface area contributed by atoms with Gasteiger partial charge in [-0.05, 0) is 44.2 Å². The second-order valence-electron chi connectivity index (χ2n) is 4.38. The van der Waals surface area contributed by atoms with E-state index in [9.17, 15) is 9.18 Å². The molecular formula is C14H15FN2O. The monoisotopic (exact) mass is 246 g/mol. The van der Waals surface area contributed by atoms with E-state index < -0.39 is 5.82 Å². The number of rotatable bonds is 3. The largest absolute Gasteiger partial charge is 0.350 e. The van der Waals surface area contributed by atoms with Crippen LogP contribution in [0.1, 0.15) is 24.2 Å². The number of halogens is 1. The molecule has 1 heterocycles. The quantitative estimate of drug-likeness (QED) is 0.887. The molecule has 3 nitrogen and oxygen atoms in total. The van der Waals surface area contributed by atoms with Gasteiger partial charge in [0.1, 0.15) is 5.82 Å². The van der Waals surface area contributed by atoms with Gasteiger partial charge in [-0.1, -0.05) is 0 Å². The van der Waals surface area contributed by atoms with E-state index in [2.05, 4.69) is 5.32 Å². The van der Waals surface area contributed by atoms with Crippen LogP contribution in [-0.4, -0.2) is 16.5 Å². The van der Waals surface area contributed by atoms with E-state index in [0.29, 0.717) is 11.3 Å². The van der Waals surface area contributed by atoms with E-state index in [1.807, 2.05) is 38.4 Å². The van der Waals surface area contributed by atoms with E-state index in [4.69, 9.17) is 0 Å². The van der Waals surface area contributed by atoms with E-state index in [1.165, 1.54) is 12.1 Å². The molecule has 1 aromatic carbocycles. The van der Waals surface area contributed by atoms with Crippen LogP contribution in [0.15, 0.2) is 42.7 Å². The Labute approximate surface area is 105 Å². The molecule has 1 aromatic heterocycles. The predicted molar refractivity (Wildman–Crippen MR) is 68.3 cm³/mol. The summed E-state index contributed by atoms with van der Waals surface area (Å²) in [5.41, 5.74) is 0.999. The molecule has 0 fully saturated rings. The van der Waals surface area contributed by atoms with Crippen molar-refractivity contribution in [2.24, 2.45) is 0 Å². The number of carbonyl (C=O) groups excluding carboxylic acids is 1. The molecule has 0 aliphatic rings. The standard InChI is InChI=1S/C14H15FN2O/c1-10(2)16-14(18)12-9-11(15)5-6-13(12)17-7-3-4-8-17/h3-10H,1-2H3,(H,16,18). The maximum atomic E-state index is 13.3. The first-order chi connectivity index (χ1) is 8.58. The van der Waals surface area contributed by atoms with Gasteiger partial charge in [-0.2, -0.15) is 0 Å². The van der Waals surface area contributed by atoms with Gasteiger partial charge in [0.05, 0.1) is 11.3 Å². The smallest absolute Gasteiger partial charge is 0.253 e. The number of carbonyl (C=O) groups is 1. The molecule has 0 spiro atoms. The summed E-state index contributed by atoms with van der Waals surface area (Å²) in [4.78, 5) is 12.0. The Hall–Kier alpha value is -2.10. The van der Waals surface area contributed by atoms with E-state index in [-0.39, 0.29) is 11.9 Å². The molecule has 0 bridgehead atoms. The lowest BCUT2D eigenvalue weighted by Crippen LogP contribution is -2.31. The van der Waals surface area contributed by atoms with Crippen LogP contribution in [0.3, 0.4) is 0 Å². The second kappa shape index (κ2) is 5.04. The number of nitrogens with zero attached hydrogens (tertiary/aromatic N) is 1. The highest BCUT2D eigenvalue weighted by atomic mass is 19.1. The molecule has 1 N–H and O–H groups in total. The van der Waals surface area contributed by atoms with Crippen LogP contribution in [0.4, 0.5) is 4.39 Å². The van der Waals surface area contributed by atoms with Gasteiger partial charge in [0.2, 0.25) is 0 Å². The molecule has 2 rings (SSSR count). The van der Waals surface area contributed by atoms with Crippen LogP contribution >= 0.6 is 0 Å². The zero-order valence-electron chi connectivity index (χ0n) is 10.4. The molecule has 2 aromatic rings. The summed E-state index contributed by atoms with van der Waals surface area (Å²) in [5, 5.41) is 2.77. The highest BCUT2D eigenvalue weighted by molar-refractivity contribution is 5.98. The number of hydrogen-bond donors (Lipinski definition) is 1. The summed E-state index contributed by atoms with van der Waals surface area (Å²) in [6.45, 7) is 3.74. The van der Waals surface area contributed by atoms with Gasteiger partial charge in [0, 0.05) is 18.4 Å². The minimum Gasteiger partial charge on any atom is -0.350 e. The summed E-state index contributed by atoms with van der Waals surface area (Å²) >= 11 is 0. The first kappa shape index (κ1) is 12.4. The molecular weight excluding hydrogens is 231 g/mol. The number of amides is 1. The molecule has 18 heavy (non-hydrogen) atoms. The van der Waals surface area contributed by atoms with Crippen LogP contribution in [0.25, 0.3) is 5.69 Å². The minimum absolute atomic E-state index is 0.0123. The van der Waals surface area contributed by atoms with Crippen molar-refractivity contribution in [3.8, 4) is 5.69 Å². The molecule has 0 aliphatic heterocycles. The molecule has 4 heteroatoms. The molecule has 94 valence electrons. The summed E-state index contributed by atoms with van der Waals surface area (Å²) in [7, 11) is 0. The predicted octanol–water partition coefficient (Wildman–Crippen LogP) is 2.75. The van der Waals surface area contributed by atoms with Gasteiger partial charge in [-0.3, -0.25) is 4.79 Å². The molecule has 0 atom stereocenters. The minimum atomic E-state index is -0.417. The lowest BCUT2D eigenvalue weighted by molar-refractivity contribution is 0.0942. The van der Waals surface area contributed by atoms with Crippen molar-refractivity contribution < 1.29 is 9.18 Å². The third-order valence-electron chi connectivity index (χ3n) is 2.51. The van der Waals surface area contributed by atoms with Crippen LogP contribution in [-0.2, 0) is 0 Å². The van der Waals surface area contributed by atoms with Crippen molar-refractivity contribution in [2.45, 2.75) is 19.9 Å². The zero-order chi connectivity index (χ0) is 13.1. The van der Waals surface area contributed by atoms with Gasteiger partial charge in [-0.15, -0.1) is 0 Å². The van der Waals surface area contributed by atoms with Crippen molar-refractivity contribution in [3.05, 3.63) is 54.1 Å². The van der Waals surface area contributed by atoms with Crippen molar-refractivity contribution in [1.29, 1.82) is 0 Å². The molecule has 0 radical (unpaired) electrons. The third-order valence-corrected chi connectivity index (χ3v) is 2.51. The molecule has 0 aliphatic carbocycles. The lowest BCUT2D eigenvalue weighted by atomic mass is 10.1. The maximum Gasteiger partial charge on any atom is 0.253 e. The van der Waals surface area contributed by atoms with E-state index in [0.717, 1.165) is 0 Å². The Balaban J connectivity index is 2.44. The van der Waals surface area contributed by atoms with Crippen LogP contribution in [0.5, 0.6) is 0 Å². The number of benzene rings is 1. The van der Waals surface area contributed by atoms with Gasteiger partial charge in [0.25, 0.3) is 5.91 Å². The fourth-order valence-corrected chi connectivity index (χ4v) is 1.75. The fraction of sp³-hybridized carbons (Fsp3) is 0.214. The van der Waals surface area contributed by atoms with Crippen molar-refractivity contribution in [1.82, 2.24) is 9.88 Å². The van der Waals surface area contributed by atoms with Gasteiger partial charge >= 0.3 is 0 Å². The summed E-state index contributed by atoms with van der Waals surface area (Å²) in [5.74, 6) is -0.687. The summed E-state index contributed by atoms with van der Waals surface area (Å²) in [6.07, 6.45) is 3.64. The topological polar surface area (TPSA) is 34.0 Å². The van der Waals surface area contributed by atoms with Gasteiger partial charge < -0.3 is 9.88 Å². The number of hydrogen-bond acceptors (Lipinski definition) is 1. The molecule has 0 saturated carbocycles. The molecule has 0 unspecified atom stereocenters. The normalized spacial score (nSPS) is 10.7. The van der Waals surface area contributed by atoms with Crippen molar-refractivity contribution in [3.63, 3.8) is 0 Å². The maximum absolute atomic E-state index is 13.3. The summed E-state index contributed by atoms with van der Waals surface area (Å²) in [6, 6.07) is 7.93. The Kier molecular flexibility index (Phi) is 3.46. The second-order valence-corrected chi connectivity index (χ2v) is 4.38. The zero-order valence-corrected chi connectivity index (χ0v) is 10.4. The molecule has 0 saturated heterocycles. The number of nitrogens with one attached hydrogen (secondary N) is 1. The summed E-state index contributed by atoms with van der Waals surface area (Å²) < 4.78 is 15.1. The average molecular weight is 246 g/mol. The highest BCUT2D eigenvalue weighted by Gasteiger charge is 2.14. The first-order valence-corrected chi connectivity index (χ1v) is 5.81. The average Bonchev–Trinajstić information content (AvgIpc) is 2.81. The Morgan fingerprint density at radius 3 is 2.56 bits per heavy atom. The van der Waals surface area contributed by atoms with Crippen LogP contribution in [0.2, 0.25) is 0 Å². The third kappa shape index (κ3) is 2.59. The highest BCUT2D eigenvalue weighted by Crippen LogP contribution is 2.16.